The van der Waals surface area contributed by atoms with Crippen LogP contribution in [-0.4, -0.2) is 19.3 Å². The molecule has 0 amide bonds. The first-order valence-electron chi connectivity index (χ1n) is 6.03. The van der Waals surface area contributed by atoms with Gasteiger partial charge in [0.25, 0.3) is 0 Å². The normalized spacial score (nSPS) is 20.2. The van der Waals surface area contributed by atoms with E-state index in [1.165, 1.54) is 6.42 Å². The van der Waals surface area contributed by atoms with Crippen LogP contribution in [0.3, 0.4) is 0 Å². The highest BCUT2D eigenvalue weighted by molar-refractivity contribution is 6.31. The summed E-state index contributed by atoms with van der Waals surface area (Å²) in [6, 6.07) is 5.60. The highest BCUT2D eigenvalue weighted by Crippen LogP contribution is 2.26. The fourth-order valence-electron chi connectivity index (χ4n) is 1.99. The largest absolute Gasteiger partial charge is 0.490 e. The summed E-state index contributed by atoms with van der Waals surface area (Å²) in [6.45, 7) is 1.81. The van der Waals surface area contributed by atoms with E-state index in [1.54, 1.807) is 0 Å². The molecule has 1 saturated heterocycles. The summed E-state index contributed by atoms with van der Waals surface area (Å²) < 4.78 is 11.4. The van der Waals surface area contributed by atoms with Gasteiger partial charge >= 0.3 is 0 Å². The Morgan fingerprint density at radius 3 is 3.00 bits per heavy atom. The molecule has 1 atom stereocenters. The summed E-state index contributed by atoms with van der Waals surface area (Å²) in [5.41, 5.74) is 6.53. The zero-order valence-corrected chi connectivity index (χ0v) is 10.6. The van der Waals surface area contributed by atoms with E-state index in [1.807, 2.05) is 18.2 Å². The topological polar surface area (TPSA) is 44.5 Å². The summed E-state index contributed by atoms with van der Waals surface area (Å²) in [5, 5.41) is 0.662. The van der Waals surface area contributed by atoms with Gasteiger partial charge in [-0.3, -0.25) is 0 Å². The van der Waals surface area contributed by atoms with Gasteiger partial charge in [0.2, 0.25) is 0 Å². The summed E-state index contributed by atoms with van der Waals surface area (Å²) >= 11 is 6.06. The van der Waals surface area contributed by atoms with E-state index in [4.69, 9.17) is 26.8 Å². The van der Waals surface area contributed by atoms with Crippen molar-refractivity contribution in [3.8, 4) is 5.75 Å². The Bertz CT molecular complexity index is 364. The van der Waals surface area contributed by atoms with Crippen LogP contribution in [0.15, 0.2) is 18.2 Å². The van der Waals surface area contributed by atoms with Gasteiger partial charge in [-0.25, -0.2) is 0 Å². The van der Waals surface area contributed by atoms with Crippen LogP contribution in [-0.2, 0) is 11.3 Å². The van der Waals surface area contributed by atoms with E-state index in [0.29, 0.717) is 18.2 Å². The van der Waals surface area contributed by atoms with E-state index < -0.39 is 0 Å². The summed E-state index contributed by atoms with van der Waals surface area (Å²) in [4.78, 5) is 0. The van der Waals surface area contributed by atoms with Crippen LogP contribution in [0.4, 0.5) is 0 Å². The number of nitrogens with two attached hydrogens (primary N) is 1. The molecule has 1 fully saturated rings. The Morgan fingerprint density at radius 1 is 1.41 bits per heavy atom. The Labute approximate surface area is 107 Å². The lowest BCUT2D eigenvalue weighted by Crippen LogP contribution is -2.26. The Kier molecular flexibility index (Phi) is 4.66. The molecular formula is C13H18ClNO2. The zero-order valence-electron chi connectivity index (χ0n) is 9.82. The Morgan fingerprint density at radius 2 is 2.29 bits per heavy atom. The van der Waals surface area contributed by atoms with E-state index in [-0.39, 0.29) is 6.10 Å². The minimum atomic E-state index is 0.202. The van der Waals surface area contributed by atoms with Crippen molar-refractivity contribution in [2.75, 3.05) is 13.2 Å². The summed E-state index contributed by atoms with van der Waals surface area (Å²) in [7, 11) is 0. The first-order valence-corrected chi connectivity index (χ1v) is 6.41. The summed E-state index contributed by atoms with van der Waals surface area (Å²) in [5.74, 6) is 0.772. The van der Waals surface area contributed by atoms with Crippen molar-refractivity contribution in [1.82, 2.24) is 0 Å². The molecule has 0 aromatic heterocycles. The zero-order chi connectivity index (χ0) is 12.1. The lowest BCUT2D eigenvalue weighted by Gasteiger charge is -2.23. The number of ether oxygens (including phenoxy) is 2. The van der Waals surface area contributed by atoms with E-state index in [0.717, 1.165) is 30.8 Å². The van der Waals surface area contributed by atoms with Gasteiger partial charge in [0, 0.05) is 23.7 Å². The average molecular weight is 256 g/mol. The van der Waals surface area contributed by atoms with E-state index in [9.17, 15) is 0 Å². The van der Waals surface area contributed by atoms with Crippen LogP contribution in [0.1, 0.15) is 24.8 Å². The average Bonchev–Trinajstić information content (AvgIpc) is 2.37. The molecule has 0 bridgehead atoms. The highest BCUT2D eigenvalue weighted by atomic mass is 35.5. The third kappa shape index (κ3) is 3.35. The first kappa shape index (κ1) is 12.7. The molecule has 2 rings (SSSR count). The standard InChI is InChI=1S/C13H18ClNO2/c14-12-5-3-6-13(11(12)8-15)17-9-10-4-1-2-7-16-10/h3,5-6,10H,1-2,4,7-9,15H2. The first-order chi connectivity index (χ1) is 8.31. The van der Waals surface area contributed by atoms with Crippen molar-refractivity contribution in [1.29, 1.82) is 0 Å². The quantitative estimate of drug-likeness (QED) is 0.900. The molecule has 1 heterocycles. The molecule has 0 spiro atoms. The monoisotopic (exact) mass is 255 g/mol. The van der Waals surface area contributed by atoms with Gasteiger partial charge in [-0.2, -0.15) is 0 Å². The van der Waals surface area contributed by atoms with Crippen LogP contribution in [0.5, 0.6) is 5.75 Å². The third-order valence-electron chi connectivity index (χ3n) is 2.98. The minimum Gasteiger partial charge on any atom is -0.490 e. The SMILES string of the molecule is NCc1c(Cl)cccc1OCC1CCCCO1. The van der Waals surface area contributed by atoms with Gasteiger partial charge in [-0.1, -0.05) is 17.7 Å². The molecule has 1 aromatic carbocycles. The minimum absolute atomic E-state index is 0.202. The molecular weight excluding hydrogens is 238 g/mol. The maximum atomic E-state index is 6.06. The predicted octanol–water partition coefficient (Wildman–Crippen LogP) is 2.75. The Balaban J connectivity index is 1.95. The second kappa shape index (κ2) is 6.24. The van der Waals surface area contributed by atoms with Gasteiger partial charge in [0.1, 0.15) is 12.4 Å². The molecule has 3 nitrogen and oxygen atoms in total. The van der Waals surface area contributed by atoms with Crippen LogP contribution in [0.2, 0.25) is 5.02 Å². The third-order valence-corrected chi connectivity index (χ3v) is 3.33. The van der Waals surface area contributed by atoms with Crippen LogP contribution in [0, 0.1) is 0 Å². The van der Waals surface area contributed by atoms with Crippen LogP contribution >= 0.6 is 11.6 Å². The van der Waals surface area contributed by atoms with Crippen molar-refractivity contribution in [3.63, 3.8) is 0 Å². The number of halogens is 1. The fraction of sp³-hybridized carbons (Fsp3) is 0.538. The molecule has 0 radical (unpaired) electrons. The van der Waals surface area contributed by atoms with Gasteiger partial charge in [-0.15, -0.1) is 0 Å². The molecule has 1 aliphatic rings. The van der Waals surface area contributed by atoms with Crippen molar-refractivity contribution < 1.29 is 9.47 Å². The van der Waals surface area contributed by atoms with Crippen molar-refractivity contribution in [2.24, 2.45) is 5.73 Å². The smallest absolute Gasteiger partial charge is 0.125 e. The maximum Gasteiger partial charge on any atom is 0.125 e. The van der Waals surface area contributed by atoms with Crippen molar-refractivity contribution in [2.45, 2.75) is 31.9 Å². The lowest BCUT2D eigenvalue weighted by atomic mass is 10.1. The van der Waals surface area contributed by atoms with Gasteiger partial charge in [0.05, 0.1) is 6.10 Å². The van der Waals surface area contributed by atoms with Gasteiger partial charge in [0.15, 0.2) is 0 Å². The van der Waals surface area contributed by atoms with E-state index in [2.05, 4.69) is 0 Å². The second-order valence-electron chi connectivity index (χ2n) is 4.22. The van der Waals surface area contributed by atoms with Crippen molar-refractivity contribution in [3.05, 3.63) is 28.8 Å². The van der Waals surface area contributed by atoms with Crippen molar-refractivity contribution >= 4 is 11.6 Å². The molecule has 1 aromatic rings. The second-order valence-corrected chi connectivity index (χ2v) is 4.63. The molecule has 4 heteroatoms. The number of rotatable bonds is 4. The fourth-order valence-corrected chi connectivity index (χ4v) is 2.24. The predicted molar refractivity (Wildman–Crippen MR) is 68.4 cm³/mol. The van der Waals surface area contributed by atoms with Crippen LogP contribution in [0.25, 0.3) is 0 Å². The van der Waals surface area contributed by atoms with Gasteiger partial charge < -0.3 is 15.2 Å². The number of benzene rings is 1. The molecule has 0 aliphatic carbocycles. The van der Waals surface area contributed by atoms with Crippen LogP contribution < -0.4 is 10.5 Å². The Hall–Kier alpha value is -0.770. The van der Waals surface area contributed by atoms with E-state index >= 15 is 0 Å². The molecule has 2 N–H and O–H groups in total. The van der Waals surface area contributed by atoms with Gasteiger partial charge in [-0.05, 0) is 31.4 Å². The maximum absolute atomic E-state index is 6.06. The number of hydrogen-bond acceptors (Lipinski definition) is 3. The molecule has 0 saturated carbocycles. The molecule has 1 aliphatic heterocycles. The lowest BCUT2D eigenvalue weighted by molar-refractivity contribution is -0.0112. The molecule has 17 heavy (non-hydrogen) atoms. The summed E-state index contributed by atoms with van der Waals surface area (Å²) in [6.07, 6.45) is 3.64. The molecule has 1 unspecified atom stereocenters. The number of hydrogen-bond donors (Lipinski definition) is 1. The highest BCUT2D eigenvalue weighted by Gasteiger charge is 2.15. The molecule has 94 valence electrons.